The Morgan fingerprint density at radius 1 is 1.37 bits per heavy atom. The smallest absolute Gasteiger partial charge is 0.237 e. The third-order valence-corrected chi connectivity index (χ3v) is 4.64. The van der Waals surface area contributed by atoms with Crippen molar-refractivity contribution in [1.82, 2.24) is 15.1 Å². The molecule has 1 fully saturated rings. The lowest BCUT2D eigenvalue weighted by Crippen LogP contribution is -2.56. The molecule has 3 heterocycles. The lowest BCUT2D eigenvalue weighted by Gasteiger charge is -2.35. The van der Waals surface area contributed by atoms with Gasteiger partial charge < -0.3 is 19.1 Å². The molecule has 2 amide bonds. The van der Waals surface area contributed by atoms with E-state index >= 15 is 0 Å². The Morgan fingerprint density at radius 3 is 2.89 bits per heavy atom. The Morgan fingerprint density at radius 2 is 2.22 bits per heavy atom. The molecule has 3 rings (SSSR count). The van der Waals surface area contributed by atoms with Gasteiger partial charge in [-0.25, -0.2) is 0 Å². The molecular weight excluding hydrogens is 346 g/mol. The average Bonchev–Trinajstić information content (AvgIpc) is 3.31. The summed E-state index contributed by atoms with van der Waals surface area (Å²) >= 11 is 0. The van der Waals surface area contributed by atoms with Crippen LogP contribution < -0.4 is 5.32 Å². The van der Waals surface area contributed by atoms with E-state index in [9.17, 15) is 9.59 Å². The highest BCUT2D eigenvalue weighted by Gasteiger charge is 2.33. The molecule has 1 atom stereocenters. The van der Waals surface area contributed by atoms with Crippen LogP contribution in [0.5, 0.6) is 0 Å². The summed E-state index contributed by atoms with van der Waals surface area (Å²) in [5.41, 5.74) is 0.997. The van der Waals surface area contributed by atoms with E-state index < -0.39 is 6.04 Å². The highest BCUT2D eigenvalue weighted by Crippen LogP contribution is 2.17. The molecule has 0 saturated carbocycles. The molecule has 1 unspecified atom stereocenters. The number of amides is 2. The number of nitrogens with zero attached hydrogens (tertiary/aromatic N) is 2. The summed E-state index contributed by atoms with van der Waals surface area (Å²) in [4.78, 5) is 29.3. The number of piperazine rings is 1. The zero-order chi connectivity index (χ0) is 19.2. The van der Waals surface area contributed by atoms with Crippen LogP contribution in [0.25, 0.3) is 0 Å². The van der Waals surface area contributed by atoms with Crippen molar-refractivity contribution in [2.75, 3.05) is 19.6 Å². The molecule has 0 bridgehead atoms. The van der Waals surface area contributed by atoms with Gasteiger partial charge in [0.1, 0.15) is 5.76 Å². The monoisotopic (exact) mass is 373 g/mol. The molecule has 1 aliphatic heterocycles. The average molecular weight is 373 g/mol. The van der Waals surface area contributed by atoms with Crippen LogP contribution in [-0.4, -0.2) is 47.3 Å². The predicted octanol–water partition coefficient (Wildman–Crippen LogP) is 2.25. The standard InChI is InChI=1S/C20H27N3O4/c1-15(2)11-23(13-17-4-3-8-27-17)19(24)10-18-20(25)21-6-7-22(18)12-16-5-9-26-14-16/h3-5,8-9,14-15,18H,6-7,10-13H2,1-2H3,(H,21,25). The van der Waals surface area contributed by atoms with Crippen molar-refractivity contribution in [2.24, 2.45) is 5.92 Å². The van der Waals surface area contributed by atoms with E-state index in [-0.39, 0.29) is 18.2 Å². The fourth-order valence-electron chi connectivity index (χ4n) is 3.37. The number of carbonyl (C=O) groups is 2. The van der Waals surface area contributed by atoms with Gasteiger partial charge in [0, 0.05) is 31.7 Å². The van der Waals surface area contributed by atoms with Crippen molar-refractivity contribution in [3.8, 4) is 0 Å². The molecule has 0 radical (unpaired) electrons. The van der Waals surface area contributed by atoms with Gasteiger partial charge in [0.15, 0.2) is 0 Å². The minimum Gasteiger partial charge on any atom is -0.472 e. The van der Waals surface area contributed by atoms with E-state index in [0.29, 0.717) is 38.6 Å². The number of furan rings is 2. The lowest BCUT2D eigenvalue weighted by atomic mass is 10.1. The van der Waals surface area contributed by atoms with E-state index in [1.165, 1.54) is 0 Å². The Labute approximate surface area is 159 Å². The Kier molecular flexibility index (Phi) is 6.34. The van der Waals surface area contributed by atoms with Crippen LogP contribution >= 0.6 is 0 Å². The minimum absolute atomic E-state index is 0.0423. The number of carbonyl (C=O) groups excluding carboxylic acids is 2. The molecule has 7 nitrogen and oxygen atoms in total. The zero-order valence-electron chi connectivity index (χ0n) is 15.9. The molecule has 146 valence electrons. The second-order valence-electron chi connectivity index (χ2n) is 7.36. The Hall–Kier alpha value is -2.54. The van der Waals surface area contributed by atoms with E-state index in [2.05, 4.69) is 19.2 Å². The van der Waals surface area contributed by atoms with Gasteiger partial charge in [0.05, 0.1) is 37.8 Å². The van der Waals surface area contributed by atoms with Gasteiger partial charge in [-0.2, -0.15) is 0 Å². The van der Waals surface area contributed by atoms with Gasteiger partial charge in [-0.05, 0) is 24.1 Å². The normalized spacial score (nSPS) is 17.9. The number of nitrogens with one attached hydrogen (secondary N) is 1. The first-order chi connectivity index (χ1) is 13.0. The third kappa shape index (κ3) is 5.23. The molecule has 2 aromatic heterocycles. The van der Waals surface area contributed by atoms with Crippen molar-refractivity contribution in [3.05, 3.63) is 48.3 Å². The maximum Gasteiger partial charge on any atom is 0.237 e. The molecule has 1 N–H and O–H groups in total. The summed E-state index contributed by atoms with van der Waals surface area (Å²) in [5.74, 6) is 0.929. The molecule has 7 heteroatoms. The largest absolute Gasteiger partial charge is 0.472 e. The molecular formula is C20H27N3O4. The summed E-state index contributed by atoms with van der Waals surface area (Å²) in [5, 5.41) is 2.88. The van der Waals surface area contributed by atoms with Crippen molar-refractivity contribution in [3.63, 3.8) is 0 Å². The van der Waals surface area contributed by atoms with E-state index in [1.807, 2.05) is 23.1 Å². The fraction of sp³-hybridized carbons (Fsp3) is 0.500. The number of rotatable bonds is 8. The second-order valence-corrected chi connectivity index (χ2v) is 7.36. The van der Waals surface area contributed by atoms with Crippen LogP contribution in [0.2, 0.25) is 0 Å². The fourth-order valence-corrected chi connectivity index (χ4v) is 3.37. The molecule has 1 aliphatic rings. The van der Waals surface area contributed by atoms with Gasteiger partial charge in [-0.15, -0.1) is 0 Å². The Balaban J connectivity index is 1.69. The maximum atomic E-state index is 13.0. The highest BCUT2D eigenvalue weighted by molar-refractivity contribution is 5.88. The Bertz CT molecular complexity index is 725. The molecule has 2 aromatic rings. The first-order valence-electron chi connectivity index (χ1n) is 9.36. The van der Waals surface area contributed by atoms with Crippen molar-refractivity contribution in [1.29, 1.82) is 0 Å². The summed E-state index contributed by atoms with van der Waals surface area (Å²) < 4.78 is 10.5. The predicted molar refractivity (Wildman–Crippen MR) is 99.5 cm³/mol. The van der Waals surface area contributed by atoms with Gasteiger partial charge in [0.2, 0.25) is 11.8 Å². The molecule has 0 spiro atoms. The first-order valence-corrected chi connectivity index (χ1v) is 9.36. The van der Waals surface area contributed by atoms with Gasteiger partial charge >= 0.3 is 0 Å². The van der Waals surface area contributed by atoms with Crippen molar-refractivity contribution in [2.45, 2.75) is 39.4 Å². The van der Waals surface area contributed by atoms with Crippen LogP contribution in [0.15, 0.2) is 45.8 Å². The van der Waals surface area contributed by atoms with Crippen LogP contribution in [-0.2, 0) is 22.7 Å². The van der Waals surface area contributed by atoms with Crippen LogP contribution in [0, 0.1) is 5.92 Å². The highest BCUT2D eigenvalue weighted by atomic mass is 16.3. The van der Waals surface area contributed by atoms with E-state index in [0.717, 1.165) is 11.3 Å². The van der Waals surface area contributed by atoms with E-state index in [1.54, 1.807) is 23.7 Å². The van der Waals surface area contributed by atoms with Gasteiger partial charge in [0.25, 0.3) is 0 Å². The topological polar surface area (TPSA) is 78.9 Å². The number of hydrogen-bond donors (Lipinski definition) is 1. The van der Waals surface area contributed by atoms with Gasteiger partial charge in [-0.3, -0.25) is 14.5 Å². The first kappa shape index (κ1) is 19.2. The van der Waals surface area contributed by atoms with Crippen LogP contribution in [0.1, 0.15) is 31.6 Å². The molecule has 0 aliphatic carbocycles. The third-order valence-electron chi connectivity index (χ3n) is 4.64. The quantitative estimate of drug-likeness (QED) is 0.768. The summed E-state index contributed by atoms with van der Waals surface area (Å²) in [6.45, 7) is 7.06. The van der Waals surface area contributed by atoms with Crippen molar-refractivity contribution >= 4 is 11.8 Å². The lowest BCUT2D eigenvalue weighted by molar-refractivity contribution is -0.140. The van der Waals surface area contributed by atoms with E-state index in [4.69, 9.17) is 8.83 Å². The SMILES string of the molecule is CC(C)CN(Cc1ccco1)C(=O)CC1C(=O)NCCN1Cc1ccoc1. The second kappa shape index (κ2) is 8.90. The maximum absolute atomic E-state index is 13.0. The summed E-state index contributed by atoms with van der Waals surface area (Å²) in [6, 6.07) is 5.08. The summed E-state index contributed by atoms with van der Waals surface area (Å²) in [6.07, 6.45) is 5.05. The van der Waals surface area contributed by atoms with Crippen molar-refractivity contribution < 1.29 is 18.4 Å². The molecule has 1 saturated heterocycles. The molecule has 0 aromatic carbocycles. The number of hydrogen-bond acceptors (Lipinski definition) is 5. The van der Waals surface area contributed by atoms with Crippen LogP contribution in [0.4, 0.5) is 0 Å². The molecule has 27 heavy (non-hydrogen) atoms. The van der Waals surface area contributed by atoms with Gasteiger partial charge in [-0.1, -0.05) is 13.8 Å². The minimum atomic E-state index is -0.479. The van der Waals surface area contributed by atoms with Crippen LogP contribution in [0.3, 0.4) is 0 Å². The zero-order valence-corrected chi connectivity index (χ0v) is 15.9. The summed E-state index contributed by atoms with van der Waals surface area (Å²) in [7, 11) is 0.